The zero-order chi connectivity index (χ0) is 14.4. The predicted octanol–water partition coefficient (Wildman–Crippen LogP) is 4.11. The minimum atomic E-state index is 0.778. The summed E-state index contributed by atoms with van der Waals surface area (Å²) in [6.45, 7) is 4.98. The maximum Gasteiger partial charge on any atom is 0.194 e. The molecule has 0 unspecified atom stereocenters. The van der Waals surface area contributed by atoms with Gasteiger partial charge in [-0.1, -0.05) is 0 Å². The van der Waals surface area contributed by atoms with E-state index in [1.54, 1.807) is 11.3 Å². The molecular weight excluding hydrogens is 280 g/mol. The highest BCUT2D eigenvalue weighted by molar-refractivity contribution is 7.15. The molecule has 4 aromatic rings. The van der Waals surface area contributed by atoms with Gasteiger partial charge in [0.2, 0.25) is 0 Å². The number of aryl methyl sites for hydroxylation is 2. The molecule has 4 rings (SSSR count). The van der Waals surface area contributed by atoms with E-state index in [0.717, 1.165) is 28.4 Å². The van der Waals surface area contributed by atoms with Crippen molar-refractivity contribution >= 4 is 32.9 Å². The van der Waals surface area contributed by atoms with Crippen molar-refractivity contribution in [1.82, 2.24) is 14.4 Å². The number of rotatable bonds is 3. The number of thiazole rings is 1. The van der Waals surface area contributed by atoms with Crippen LogP contribution in [0, 0.1) is 13.8 Å². The molecule has 0 aliphatic rings. The van der Waals surface area contributed by atoms with Gasteiger partial charge in [0, 0.05) is 33.9 Å². The van der Waals surface area contributed by atoms with Crippen LogP contribution in [0.3, 0.4) is 0 Å². The Bertz CT molecular complexity index is 928. The monoisotopic (exact) mass is 296 g/mol. The first kappa shape index (κ1) is 12.5. The summed E-state index contributed by atoms with van der Waals surface area (Å²) in [7, 11) is 0. The predicted molar refractivity (Wildman–Crippen MR) is 88.2 cm³/mol. The van der Waals surface area contributed by atoms with Crippen molar-refractivity contribution in [1.29, 1.82) is 0 Å². The Labute approximate surface area is 126 Å². The van der Waals surface area contributed by atoms with Crippen molar-refractivity contribution in [3.05, 3.63) is 52.9 Å². The molecule has 0 atom stereocenters. The molecule has 106 valence electrons. The SMILES string of the molecule is Cc1nc2scc(C)n2c1CNc1ccc2[nH]ccc2c1. The Morgan fingerprint density at radius 3 is 3.10 bits per heavy atom. The highest BCUT2D eigenvalue weighted by atomic mass is 32.1. The minimum Gasteiger partial charge on any atom is -0.379 e. The van der Waals surface area contributed by atoms with Crippen LogP contribution in [0.2, 0.25) is 0 Å². The molecule has 2 N–H and O–H groups in total. The molecule has 0 bridgehead atoms. The van der Waals surface area contributed by atoms with E-state index in [-0.39, 0.29) is 0 Å². The third-order valence-corrected chi connectivity index (χ3v) is 4.79. The molecule has 0 aliphatic heterocycles. The van der Waals surface area contributed by atoms with E-state index >= 15 is 0 Å². The normalized spacial score (nSPS) is 11.5. The van der Waals surface area contributed by atoms with E-state index in [2.05, 4.69) is 63.2 Å². The summed E-state index contributed by atoms with van der Waals surface area (Å²) in [4.78, 5) is 8.91. The van der Waals surface area contributed by atoms with Gasteiger partial charge in [0.1, 0.15) is 0 Å². The number of anilines is 1. The van der Waals surface area contributed by atoms with Crippen molar-refractivity contribution < 1.29 is 0 Å². The van der Waals surface area contributed by atoms with Crippen molar-refractivity contribution in [2.24, 2.45) is 0 Å². The minimum absolute atomic E-state index is 0.778. The topological polar surface area (TPSA) is 45.1 Å². The summed E-state index contributed by atoms with van der Waals surface area (Å²) in [5.41, 5.74) is 5.87. The van der Waals surface area contributed by atoms with Crippen molar-refractivity contribution in [3.8, 4) is 0 Å². The molecule has 3 heterocycles. The molecule has 0 saturated heterocycles. The lowest BCUT2D eigenvalue weighted by Gasteiger charge is -2.08. The number of hydrogen-bond donors (Lipinski definition) is 2. The smallest absolute Gasteiger partial charge is 0.194 e. The van der Waals surface area contributed by atoms with E-state index < -0.39 is 0 Å². The number of imidazole rings is 1. The standard InChI is InChI=1S/C16H16N4S/c1-10-9-21-16-19-11(2)15(20(10)16)8-18-13-3-4-14-12(7-13)5-6-17-14/h3-7,9,17-18H,8H2,1-2H3. The van der Waals surface area contributed by atoms with Gasteiger partial charge >= 0.3 is 0 Å². The van der Waals surface area contributed by atoms with Gasteiger partial charge in [-0.2, -0.15) is 0 Å². The second-order valence-electron chi connectivity index (χ2n) is 5.27. The van der Waals surface area contributed by atoms with Gasteiger partial charge < -0.3 is 10.3 Å². The molecule has 0 amide bonds. The van der Waals surface area contributed by atoms with Gasteiger partial charge in [-0.05, 0) is 38.1 Å². The van der Waals surface area contributed by atoms with Gasteiger partial charge in [-0.15, -0.1) is 11.3 Å². The lowest BCUT2D eigenvalue weighted by Crippen LogP contribution is -2.04. The highest BCUT2D eigenvalue weighted by Gasteiger charge is 2.11. The molecule has 0 radical (unpaired) electrons. The summed E-state index contributed by atoms with van der Waals surface area (Å²) < 4.78 is 2.24. The second-order valence-corrected chi connectivity index (χ2v) is 6.11. The van der Waals surface area contributed by atoms with Gasteiger partial charge in [-0.25, -0.2) is 4.98 Å². The van der Waals surface area contributed by atoms with E-state index in [1.807, 2.05) is 6.20 Å². The van der Waals surface area contributed by atoms with Gasteiger partial charge in [0.05, 0.1) is 17.9 Å². The van der Waals surface area contributed by atoms with Crippen LogP contribution in [-0.2, 0) is 6.54 Å². The first-order valence-corrected chi connectivity index (χ1v) is 7.83. The number of fused-ring (bicyclic) bond motifs is 2. The Morgan fingerprint density at radius 1 is 1.29 bits per heavy atom. The molecule has 0 aliphatic carbocycles. The van der Waals surface area contributed by atoms with Gasteiger partial charge in [-0.3, -0.25) is 4.40 Å². The number of aromatic amines is 1. The maximum absolute atomic E-state index is 4.62. The zero-order valence-corrected chi connectivity index (χ0v) is 12.8. The molecule has 1 aromatic carbocycles. The first-order valence-electron chi connectivity index (χ1n) is 6.95. The van der Waals surface area contributed by atoms with Crippen molar-refractivity contribution in [3.63, 3.8) is 0 Å². The van der Waals surface area contributed by atoms with E-state index in [4.69, 9.17) is 0 Å². The average molecular weight is 296 g/mol. The van der Waals surface area contributed by atoms with Crippen LogP contribution < -0.4 is 5.32 Å². The fourth-order valence-corrected chi connectivity index (χ4v) is 3.66. The van der Waals surface area contributed by atoms with Crippen LogP contribution >= 0.6 is 11.3 Å². The zero-order valence-electron chi connectivity index (χ0n) is 12.0. The molecule has 0 saturated carbocycles. The van der Waals surface area contributed by atoms with Crippen LogP contribution in [0.1, 0.15) is 17.1 Å². The second kappa shape index (κ2) is 4.63. The van der Waals surface area contributed by atoms with Crippen molar-refractivity contribution in [2.45, 2.75) is 20.4 Å². The molecular formula is C16H16N4S. The van der Waals surface area contributed by atoms with E-state index in [1.165, 1.54) is 16.8 Å². The average Bonchev–Trinajstić information content (AvgIpc) is 3.14. The molecule has 21 heavy (non-hydrogen) atoms. The van der Waals surface area contributed by atoms with Crippen LogP contribution in [-0.4, -0.2) is 14.4 Å². The third kappa shape index (κ3) is 2.01. The van der Waals surface area contributed by atoms with Crippen LogP contribution in [0.15, 0.2) is 35.8 Å². The number of nitrogens with one attached hydrogen (secondary N) is 2. The Morgan fingerprint density at radius 2 is 2.19 bits per heavy atom. The lowest BCUT2D eigenvalue weighted by atomic mass is 10.2. The third-order valence-electron chi connectivity index (χ3n) is 3.84. The van der Waals surface area contributed by atoms with Gasteiger partial charge in [0.25, 0.3) is 0 Å². The lowest BCUT2D eigenvalue weighted by molar-refractivity contribution is 0.967. The largest absolute Gasteiger partial charge is 0.379 e. The van der Waals surface area contributed by atoms with E-state index in [0.29, 0.717) is 0 Å². The number of hydrogen-bond acceptors (Lipinski definition) is 3. The number of nitrogens with zero attached hydrogens (tertiary/aromatic N) is 2. The molecule has 0 fully saturated rings. The fourth-order valence-electron chi connectivity index (χ4n) is 2.72. The number of benzene rings is 1. The van der Waals surface area contributed by atoms with Crippen LogP contribution in [0.4, 0.5) is 5.69 Å². The molecule has 5 heteroatoms. The quantitative estimate of drug-likeness (QED) is 0.597. The van der Waals surface area contributed by atoms with Crippen LogP contribution in [0.5, 0.6) is 0 Å². The maximum atomic E-state index is 4.62. The fraction of sp³-hybridized carbons (Fsp3) is 0.188. The summed E-state index contributed by atoms with van der Waals surface area (Å²) in [5, 5.41) is 6.88. The summed E-state index contributed by atoms with van der Waals surface area (Å²) in [6.07, 6.45) is 1.97. The first-order chi connectivity index (χ1) is 10.2. The van der Waals surface area contributed by atoms with E-state index in [9.17, 15) is 0 Å². The Balaban J connectivity index is 1.65. The van der Waals surface area contributed by atoms with Crippen molar-refractivity contribution in [2.75, 3.05) is 5.32 Å². The Hall–Kier alpha value is -2.27. The molecule has 4 nitrogen and oxygen atoms in total. The Kier molecular flexibility index (Phi) is 2.75. The number of aromatic nitrogens is 3. The van der Waals surface area contributed by atoms with Gasteiger partial charge in [0.15, 0.2) is 4.96 Å². The highest BCUT2D eigenvalue weighted by Crippen LogP contribution is 2.22. The summed E-state index contributed by atoms with van der Waals surface area (Å²) in [5.74, 6) is 0. The van der Waals surface area contributed by atoms with Crippen LogP contribution in [0.25, 0.3) is 15.9 Å². The summed E-state index contributed by atoms with van der Waals surface area (Å²) >= 11 is 1.69. The summed E-state index contributed by atoms with van der Waals surface area (Å²) in [6, 6.07) is 8.46. The molecule has 0 spiro atoms. The number of H-pyrrole nitrogens is 1. The molecule has 3 aromatic heterocycles.